The van der Waals surface area contributed by atoms with Gasteiger partial charge in [-0.1, -0.05) is 42.5 Å². The predicted octanol–water partition coefficient (Wildman–Crippen LogP) is 2.89. The van der Waals surface area contributed by atoms with Crippen molar-refractivity contribution in [3.8, 4) is 5.75 Å². The predicted molar refractivity (Wildman–Crippen MR) is 170 cm³/mol. The number of methoxy groups -OCH3 is 2. The summed E-state index contributed by atoms with van der Waals surface area (Å²) in [5, 5.41) is 6.08. The fourth-order valence-corrected chi connectivity index (χ4v) is 5.25. The van der Waals surface area contributed by atoms with E-state index in [9.17, 15) is 19.2 Å². The van der Waals surface area contributed by atoms with E-state index < -0.39 is 36.0 Å². The van der Waals surface area contributed by atoms with Crippen LogP contribution in [0.1, 0.15) is 62.5 Å². The molecule has 45 heavy (non-hydrogen) atoms. The highest BCUT2D eigenvalue weighted by Gasteiger charge is 2.30. The van der Waals surface area contributed by atoms with Crippen LogP contribution in [0.15, 0.2) is 54.6 Å². The number of carbonyl (C=O) groups is 4. The third kappa shape index (κ3) is 12.9. The molecule has 0 saturated carbocycles. The molecule has 0 spiro atoms. The zero-order valence-corrected chi connectivity index (χ0v) is 26.5. The largest absolute Gasteiger partial charge is 0.497 e. The molecule has 1 aliphatic heterocycles. The number of ether oxygens (including phenoxy) is 3. The summed E-state index contributed by atoms with van der Waals surface area (Å²) in [6.07, 6.45) is 3.32. The lowest BCUT2D eigenvalue weighted by Gasteiger charge is -2.29. The Hall–Kier alpha value is -3.96. The van der Waals surface area contributed by atoms with Crippen LogP contribution in [-0.2, 0) is 41.6 Å². The second-order valence-corrected chi connectivity index (χ2v) is 11.3. The van der Waals surface area contributed by atoms with Gasteiger partial charge in [0.25, 0.3) is 0 Å². The lowest BCUT2D eigenvalue weighted by molar-refractivity contribution is -0.154. The maximum atomic E-state index is 13.6. The van der Waals surface area contributed by atoms with Crippen molar-refractivity contribution in [1.82, 2.24) is 15.5 Å². The van der Waals surface area contributed by atoms with Gasteiger partial charge in [0.05, 0.1) is 14.2 Å². The number of nitrogens with one attached hydrogen (secondary N) is 2. The molecule has 2 amide bonds. The van der Waals surface area contributed by atoms with Gasteiger partial charge >= 0.3 is 11.9 Å². The first-order chi connectivity index (χ1) is 21.8. The lowest BCUT2D eigenvalue weighted by Crippen LogP contribution is -2.50. The minimum absolute atomic E-state index is 0.0258. The van der Waals surface area contributed by atoms with Crippen LogP contribution >= 0.6 is 0 Å². The molecule has 4 N–H and O–H groups in total. The van der Waals surface area contributed by atoms with E-state index >= 15 is 0 Å². The molecule has 0 aromatic heterocycles. The van der Waals surface area contributed by atoms with Crippen LogP contribution in [0.5, 0.6) is 5.75 Å². The fourth-order valence-electron chi connectivity index (χ4n) is 5.25. The van der Waals surface area contributed by atoms with Crippen molar-refractivity contribution < 1.29 is 33.4 Å². The molecule has 1 aliphatic rings. The first kappa shape index (κ1) is 35.5. The molecule has 3 rings (SSSR count). The number of benzene rings is 2. The summed E-state index contributed by atoms with van der Waals surface area (Å²) < 4.78 is 16.0. The van der Waals surface area contributed by atoms with Gasteiger partial charge in [0, 0.05) is 51.5 Å². The molecule has 0 bridgehead atoms. The highest BCUT2D eigenvalue weighted by molar-refractivity contribution is 5.85. The highest BCUT2D eigenvalue weighted by atomic mass is 16.5. The van der Waals surface area contributed by atoms with Crippen LogP contribution in [-0.4, -0.2) is 80.7 Å². The minimum atomic E-state index is -1.05. The molecule has 11 nitrogen and oxygen atoms in total. The van der Waals surface area contributed by atoms with Crippen LogP contribution in [0.2, 0.25) is 0 Å². The maximum absolute atomic E-state index is 13.6. The monoisotopic (exact) mass is 624 g/mol. The summed E-state index contributed by atoms with van der Waals surface area (Å²) in [5.74, 6) is -0.790. The molecule has 0 aliphatic carbocycles. The number of esters is 2. The molecule has 1 heterocycles. The molecule has 3 atom stereocenters. The third-order valence-corrected chi connectivity index (χ3v) is 7.86. The molecule has 2 aromatic carbocycles. The zero-order chi connectivity index (χ0) is 32.4. The van der Waals surface area contributed by atoms with E-state index in [4.69, 9.17) is 15.2 Å². The van der Waals surface area contributed by atoms with E-state index in [0.29, 0.717) is 26.1 Å². The number of nitrogens with two attached hydrogens (primary N) is 1. The van der Waals surface area contributed by atoms with E-state index in [1.165, 1.54) is 7.11 Å². The number of amides is 2. The van der Waals surface area contributed by atoms with Crippen LogP contribution in [0.3, 0.4) is 0 Å². The average Bonchev–Trinajstić information content (AvgIpc) is 3.06. The van der Waals surface area contributed by atoms with Gasteiger partial charge in [-0.15, -0.1) is 0 Å². The fraction of sp³-hybridized carbons (Fsp3) is 0.529. The SMILES string of the molecule is COC(=O)CCCC(=O)N[C@H](CCC(=O)N1CCCCC1)C(=O)OC(CNCc1cccc(OC)c1)C(N)Cc1ccccc1. The highest BCUT2D eigenvalue weighted by Crippen LogP contribution is 2.15. The van der Waals surface area contributed by atoms with Crippen molar-refractivity contribution in [1.29, 1.82) is 0 Å². The summed E-state index contributed by atoms with van der Waals surface area (Å²) in [5.41, 5.74) is 8.61. The second kappa shape index (κ2) is 19.4. The summed E-state index contributed by atoms with van der Waals surface area (Å²) >= 11 is 0. The van der Waals surface area contributed by atoms with Crippen LogP contribution in [0.4, 0.5) is 0 Å². The van der Waals surface area contributed by atoms with Gasteiger partial charge in [0.2, 0.25) is 11.8 Å². The molecule has 11 heteroatoms. The van der Waals surface area contributed by atoms with Crippen LogP contribution < -0.4 is 21.1 Å². The smallest absolute Gasteiger partial charge is 0.329 e. The third-order valence-electron chi connectivity index (χ3n) is 7.86. The zero-order valence-electron chi connectivity index (χ0n) is 26.5. The summed E-state index contributed by atoms with van der Waals surface area (Å²) in [4.78, 5) is 52.7. The first-order valence-corrected chi connectivity index (χ1v) is 15.8. The van der Waals surface area contributed by atoms with Gasteiger partial charge in [-0.05, 0) is 61.8 Å². The summed E-state index contributed by atoms with van der Waals surface area (Å²) in [6.45, 7) is 2.16. The molecular weight excluding hydrogens is 576 g/mol. The maximum Gasteiger partial charge on any atom is 0.329 e. The number of hydrogen-bond acceptors (Lipinski definition) is 9. The molecule has 1 saturated heterocycles. The topological polar surface area (TPSA) is 149 Å². The van der Waals surface area contributed by atoms with Crippen molar-refractivity contribution in [3.63, 3.8) is 0 Å². The quantitative estimate of drug-likeness (QED) is 0.213. The molecule has 246 valence electrons. The van der Waals surface area contributed by atoms with Gasteiger partial charge in [0.15, 0.2) is 0 Å². The standard InChI is InChI=1S/C34H48N4O7/c1-43-27-14-9-13-26(21-27)23-36-24-30(28(35)22-25-11-5-3-6-12-25)45-34(42)29(37-31(39)15-10-16-33(41)44-2)17-18-32(40)38-19-7-4-8-20-38/h3,5-6,9,11-14,21,28-30,36H,4,7-8,10,15-20,22-24,35H2,1-2H3,(H,37,39)/t28?,29-,30?/m1/s1. The minimum Gasteiger partial charge on any atom is -0.497 e. The average molecular weight is 625 g/mol. The van der Waals surface area contributed by atoms with Crippen molar-refractivity contribution in [2.24, 2.45) is 5.73 Å². The van der Waals surface area contributed by atoms with Crippen molar-refractivity contribution in [2.75, 3.05) is 33.9 Å². The Morgan fingerprint density at radius 1 is 0.911 bits per heavy atom. The number of piperidine rings is 1. The van der Waals surface area contributed by atoms with E-state index in [1.54, 1.807) is 7.11 Å². The van der Waals surface area contributed by atoms with Gasteiger partial charge in [-0.3, -0.25) is 14.4 Å². The Morgan fingerprint density at radius 3 is 2.36 bits per heavy atom. The van der Waals surface area contributed by atoms with Crippen molar-refractivity contribution in [2.45, 2.75) is 82.5 Å². The number of nitrogens with zero attached hydrogens (tertiary/aromatic N) is 1. The summed E-state index contributed by atoms with van der Waals surface area (Å²) in [6, 6.07) is 15.8. The Bertz CT molecular complexity index is 1220. The van der Waals surface area contributed by atoms with E-state index in [-0.39, 0.29) is 44.6 Å². The second-order valence-electron chi connectivity index (χ2n) is 11.3. The molecule has 1 fully saturated rings. The van der Waals surface area contributed by atoms with Gasteiger partial charge in [-0.25, -0.2) is 4.79 Å². The Labute approximate surface area is 266 Å². The normalized spacial score (nSPS) is 15.0. The van der Waals surface area contributed by atoms with E-state index in [2.05, 4.69) is 15.4 Å². The van der Waals surface area contributed by atoms with Crippen molar-refractivity contribution in [3.05, 3.63) is 65.7 Å². The van der Waals surface area contributed by atoms with Crippen LogP contribution in [0.25, 0.3) is 0 Å². The summed E-state index contributed by atoms with van der Waals surface area (Å²) in [7, 11) is 2.90. The first-order valence-electron chi connectivity index (χ1n) is 15.8. The van der Waals surface area contributed by atoms with Gasteiger partial charge in [-0.2, -0.15) is 0 Å². The number of rotatable bonds is 18. The van der Waals surface area contributed by atoms with Gasteiger partial charge in [0.1, 0.15) is 17.9 Å². The lowest BCUT2D eigenvalue weighted by atomic mass is 10.0. The Morgan fingerprint density at radius 2 is 1.64 bits per heavy atom. The molecule has 0 radical (unpaired) electrons. The van der Waals surface area contributed by atoms with Crippen LogP contribution in [0, 0.1) is 0 Å². The molecular formula is C34H48N4O7. The number of carbonyl (C=O) groups excluding carboxylic acids is 4. The van der Waals surface area contributed by atoms with E-state index in [0.717, 1.165) is 36.1 Å². The molecule has 2 unspecified atom stereocenters. The number of hydrogen-bond donors (Lipinski definition) is 3. The van der Waals surface area contributed by atoms with Crippen molar-refractivity contribution >= 4 is 23.8 Å². The van der Waals surface area contributed by atoms with E-state index in [1.807, 2.05) is 59.5 Å². The molecule has 2 aromatic rings. The number of likely N-dealkylation sites (tertiary alicyclic amines) is 1. The van der Waals surface area contributed by atoms with Gasteiger partial charge < -0.3 is 35.5 Å². The Balaban J connectivity index is 1.70. The Kier molecular flexibility index (Phi) is 15.3.